The normalized spacial score (nSPS) is 11.0. The van der Waals surface area contributed by atoms with Crippen molar-refractivity contribution in [2.45, 2.75) is 13.3 Å². The fourth-order valence-electron chi connectivity index (χ4n) is 2.09. The maximum absolute atomic E-state index is 13.4. The molecule has 2 aromatic carbocycles. The Morgan fingerprint density at radius 1 is 1.29 bits per heavy atom. The van der Waals surface area contributed by atoms with Crippen molar-refractivity contribution < 1.29 is 14.2 Å². The summed E-state index contributed by atoms with van der Waals surface area (Å²) in [6.07, 6.45) is 0.487. The van der Waals surface area contributed by atoms with Gasteiger partial charge in [0.05, 0.1) is 18.5 Å². The molecule has 0 amide bonds. The molecule has 3 N–H and O–H groups in total. The van der Waals surface area contributed by atoms with E-state index in [-0.39, 0.29) is 10.9 Å². The first kappa shape index (κ1) is 17.7. The first-order valence-corrected chi connectivity index (χ1v) is 7.71. The minimum Gasteiger partial charge on any atom is -0.507 e. The van der Waals surface area contributed by atoms with E-state index in [4.69, 9.17) is 17.0 Å². The Bertz CT molecular complexity index is 765. The molecule has 2 aromatic rings. The molecule has 0 fully saturated rings. The van der Waals surface area contributed by atoms with Crippen LogP contribution in [0.15, 0.2) is 47.6 Å². The zero-order valence-electron chi connectivity index (χ0n) is 13.3. The second-order valence-electron chi connectivity index (χ2n) is 4.84. The van der Waals surface area contributed by atoms with Gasteiger partial charge in [0, 0.05) is 5.56 Å². The van der Waals surface area contributed by atoms with Crippen LogP contribution in [-0.4, -0.2) is 23.0 Å². The van der Waals surface area contributed by atoms with Crippen molar-refractivity contribution in [2.75, 3.05) is 12.4 Å². The van der Waals surface area contributed by atoms with E-state index in [0.717, 1.165) is 0 Å². The maximum atomic E-state index is 13.4. The molecule has 0 atom stereocenters. The lowest BCUT2D eigenvalue weighted by Crippen LogP contribution is -2.25. The van der Waals surface area contributed by atoms with Crippen molar-refractivity contribution in [3.05, 3.63) is 53.8 Å². The van der Waals surface area contributed by atoms with Crippen molar-refractivity contribution in [3.63, 3.8) is 0 Å². The summed E-state index contributed by atoms with van der Waals surface area (Å²) in [5, 5.41) is 17.2. The summed E-state index contributed by atoms with van der Waals surface area (Å²) in [6.45, 7) is 1.85. The quantitative estimate of drug-likeness (QED) is 0.438. The average Bonchev–Trinajstić information content (AvgIpc) is 2.58. The highest BCUT2D eigenvalue weighted by molar-refractivity contribution is 7.80. The Balaban J connectivity index is 2.12. The average molecular weight is 347 g/mol. The molecule has 0 unspecified atom stereocenters. The number of phenolic OH excluding ortho intramolecular Hbond substituents is 1. The molecule has 0 aliphatic heterocycles. The molecule has 0 saturated carbocycles. The molecule has 24 heavy (non-hydrogen) atoms. The van der Waals surface area contributed by atoms with Crippen LogP contribution in [0.5, 0.6) is 11.5 Å². The van der Waals surface area contributed by atoms with Crippen molar-refractivity contribution in [2.24, 2.45) is 5.10 Å². The number of ether oxygens (including phenoxy) is 1. The minimum absolute atomic E-state index is 0.0394. The first-order chi connectivity index (χ1) is 11.5. The summed E-state index contributed by atoms with van der Waals surface area (Å²) < 4.78 is 18.6. The molecular weight excluding hydrogens is 329 g/mol. The van der Waals surface area contributed by atoms with Crippen molar-refractivity contribution in [1.29, 1.82) is 0 Å². The molecule has 5 nitrogen and oxygen atoms in total. The lowest BCUT2D eigenvalue weighted by Gasteiger charge is -2.12. The Morgan fingerprint density at radius 3 is 2.75 bits per heavy atom. The monoisotopic (exact) mass is 347 g/mol. The van der Waals surface area contributed by atoms with Crippen LogP contribution >= 0.6 is 12.2 Å². The molecule has 0 aromatic heterocycles. The molecule has 0 spiro atoms. The van der Waals surface area contributed by atoms with E-state index in [9.17, 15) is 9.50 Å². The Kier molecular flexibility index (Phi) is 6.08. The molecule has 0 aliphatic carbocycles. The van der Waals surface area contributed by atoms with E-state index >= 15 is 0 Å². The van der Waals surface area contributed by atoms with Gasteiger partial charge in [-0.05, 0) is 49.0 Å². The summed E-state index contributed by atoms with van der Waals surface area (Å²) >= 11 is 5.20. The summed E-state index contributed by atoms with van der Waals surface area (Å²) in [6, 6.07) is 11.0. The number of benzene rings is 2. The summed E-state index contributed by atoms with van der Waals surface area (Å²) in [5.41, 5.74) is 4.20. The number of nitrogens with zero attached hydrogens (tertiary/aromatic N) is 1. The molecule has 0 aliphatic rings. The lowest BCUT2D eigenvalue weighted by atomic mass is 10.1. The third kappa shape index (κ3) is 4.42. The van der Waals surface area contributed by atoms with Crippen LogP contribution in [0.1, 0.15) is 18.9 Å². The topological polar surface area (TPSA) is 65.9 Å². The molecule has 0 radical (unpaired) electrons. The van der Waals surface area contributed by atoms with Gasteiger partial charge in [-0.3, -0.25) is 5.43 Å². The Labute approximate surface area is 145 Å². The summed E-state index contributed by atoms with van der Waals surface area (Å²) in [5.74, 6) is 0.158. The zero-order chi connectivity index (χ0) is 17.5. The highest BCUT2D eigenvalue weighted by atomic mass is 32.1. The number of para-hydroxylation sites is 2. The number of aromatic hydroxyl groups is 1. The number of hydrogen-bond donors (Lipinski definition) is 3. The Morgan fingerprint density at radius 2 is 2.04 bits per heavy atom. The maximum Gasteiger partial charge on any atom is 0.191 e. The molecule has 0 bridgehead atoms. The van der Waals surface area contributed by atoms with Crippen LogP contribution in [0.3, 0.4) is 0 Å². The summed E-state index contributed by atoms with van der Waals surface area (Å²) in [4.78, 5) is 0. The van der Waals surface area contributed by atoms with Gasteiger partial charge in [-0.15, -0.1) is 0 Å². The van der Waals surface area contributed by atoms with Crippen molar-refractivity contribution in [1.82, 2.24) is 5.43 Å². The first-order valence-electron chi connectivity index (χ1n) is 7.30. The fraction of sp³-hybridized carbons (Fsp3) is 0.176. The van der Waals surface area contributed by atoms with Crippen molar-refractivity contribution in [3.8, 4) is 11.5 Å². The predicted octanol–water partition coefficient (Wildman–Crippen LogP) is 3.64. The second-order valence-corrected chi connectivity index (χ2v) is 5.25. The standard InChI is InChI=1S/C17H18FN3O2S/c1-3-13(12-10-11(18)8-9-15(12)22)20-21-17(24)19-14-6-4-5-7-16(14)23-2/h4-10,22H,3H2,1-2H3,(H2,19,21,24)/b20-13+. The van der Waals surface area contributed by atoms with Gasteiger partial charge in [0.25, 0.3) is 0 Å². The van der Waals surface area contributed by atoms with Gasteiger partial charge >= 0.3 is 0 Å². The molecule has 126 valence electrons. The molecular formula is C17H18FN3O2S. The van der Waals surface area contributed by atoms with Gasteiger partial charge in [0.1, 0.15) is 17.3 Å². The van der Waals surface area contributed by atoms with Crippen molar-refractivity contribution >= 4 is 28.7 Å². The number of rotatable bonds is 5. The second kappa shape index (κ2) is 8.26. The van der Waals surface area contributed by atoms with Crippen LogP contribution in [0.4, 0.5) is 10.1 Å². The number of hydrazone groups is 1. The third-order valence-electron chi connectivity index (χ3n) is 3.25. The molecule has 2 rings (SSSR count). The number of anilines is 1. The SMILES string of the molecule is CC/C(=N\NC(=S)Nc1ccccc1OC)c1cc(F)ccc1O. The minimum atomic E-state index is -0.446. The largest absolute Gasteiger partial charge is 0.507 e. The summed E-state index contributed by atoms with van der Waals surface area (Å²) in [7, 11) is 1.57. The predicted molar refractivity (Wildman–Crippen MR) is 97.2 cm³/mol. The smallest absolute Gasteiger partial charge is 0.191 e. The number of nitrogens with one attached hydrogen (secondary N) is 2. The van der Waals surface area contributed by atoms with Crippen LogP contribution in [0.25, 0.3) is 0 Å². The van der Waals surface area contributed by atoms with Gasteiger partial charge < -0.3 is 15.2 Å². The van der Waals surface area contributed by atoms with E-state index in [1.54, 1.807) is 13.2 Å². The molecule has 7 heteroatoms. The zero-order valence-corrected chi connectivity index (χ0v) is 14.2. The number of methoxy groups -OCH3 is 1. The van der Waals surface area contributed by atoms with Gasteiger partial charge in [-0.25, -0.2) is 4.39 Å². The van der Waals surface area contributed by atoms with E-state index in [1.807, 2.05) is 25.1 Å². The van der Waals surface area contributed by atoms with E-state index in [2.05, 4.69) is 15.8 Å². The third-order valence-corrected chi connectivity index (χ3v) is 3.45. The molecule has 0 saturated heterocycles. The van der Waals surface area contributed by atoms with E-state index < -0.39 is 5.82 Å². The van der Waals surface area contributed by atoms with Gasteiger partial charge in [0.2, 0.25) is 0 Å². The van der Waals surface area contributed by atoms with Crippen LogP contribution < -0.4 is 15.5 Å². The highest BCUT2D eigenvalue weighted by Crippen LogP contribution is 2.23. The fourth-order valence-corrected chi connectivity index (χ4v) is 2.24. The highest BCUT2D eigenvalue weighted by Gasteiger charge is 2.10. The number of phenols is 1. The van der Waals surface area contributed by atoms with Gasteiger partial charge in [0.15, 0.2) is 5.11 Å². The van der Waals surface area contributed by atoms with Crippen LogP contribution in [0.2, 0.25) is 0 Å². The van der Waals surface area contributed by atoms with E-state index in [0.29, 0.717) is 29.1 Å². The molecule has 0 heterocycles. The Hall–Kier alpha value is -2.67. The van der Waals surface area contributed by atoms with Gasteiger partial charge in [-0.2, -0.15) is 5.10 Å². The van der Waals surface area contributed by atoms with Crippen LogP contribution in [-0.2, 0) is 0 Å². The van der Waals surface area contributed by atoms with Crippen LogP contribution in [0, 0.1) is 5.82 Å². The number of hydrogen-bond acceptors (Lipinski definition) is 4. The van der Waals surface area contributed by atoms with E-state index in [1.165, 1.54) is 18.2 Å². The number of halogens is 1. The number of thiocarbonyl (C=S) groups is 1. The lowest BCUT2D eigenvalue weighted by molar-refractivity contribution is 0.417. The van der Waals surface area contributed by atoms with Gasteiger partial charge in [-0.1, -0.05) is 19.1 Å².